The van der Waals surface area contributed by atoms with Gasteiger partial charge in [-0.1, -0.05) is 29.5 Å². The molecule has 0 aliphatic heterocycles. The van der Waals surface area contributed by atoms with E-state index in [4.69, 9.17) is 10.6 Å². The molecule has 4 N–H and O–H groups in total. The number of anilines is 2. The zero-order chi connectivity index (χ0) is 22.2. The van der Waals surface area contributed by atoms with E-state index in [-0.39, 0.29) is 17.6 Å². The number of aryl methyl sites for hydroxylation is 2. The molecule has 1 aromatic heterocycles. The summed E-state index contributed by atoms with van der Waals surface area (Å²) in [4.78, 5) is 12.3. The fraction of sp³-hybridized carbons (Fsp3) is 0.238. The van der Waals surface area contributed by atoms with Crippen molar-refractivity contribution in [2.24, 2.45) is 5.10 Å². The summed E-state index contributed by atoms with van der Waals surface area (Å²) < 4.78 is 6.66. The molecule has 10 heteroatoms. The van der Waals surface area contributed by atoms with E-state index >= 15 is 0 Å². The van der Waals surface area contributed by atoms with Crippen molar-refractivity contribution in [1.82, 2.24) is 14.9 Å². The van der Waals surface area contributed by atoms with Crippen molar-refractivity contribution in [3.05, 3.63) is 59.2 Å². The molecule has 0 saturated carbocycles. The molecular weight excluding hydrogens is 414 g/mol. The molecule has 0 aliphatic carbocycles. The molecule has 0 saturated heterocycles. The Morgan fingerprint density at radius 3 is 2.71 bits per heavy atom. The number of nitrogens with one attached hydrogen (secondary N) is 2. The zero-order valence-electron chi connectivity index (χ0n) is 17.6. The predicted octanol–water partition coefficient (Wildman–Crippen LogP) is 3.18. The standard InChI is InChI=1S/C21H25N7O2S/c1-4-30-17-8-6-16(7-9-17)12-23-25-20-26-27-21(28(20)22)31-13-19(29)24-18-10-5-14(2)11-15(18)3/h5-12H,4,13,22H2,1-3H3,(H,24,29)(H,25,26)/b23-12+. The fourth-order valence-electron chi connectivity index (χ4n) is 2.70. The highest BCUT2D eigenvalue weighted by molar-refractivity contribution is 7.99. The number of thioether (sulfide) groups is 1. The van der Waals surface area contributed by atoms with E-state index in [0.29, 0.717) is 11.8 Å². The minimum Gasteiger partial charge on any atom is -0.494 e. The Hall–Kier alpha value is -3.53. The number of rotatable bonds is 9. The summed E-state index contributed by atoms with van der Waals surface area (Å²) >= 11 is 1.19. The Labute approximate surface area is 185 Å². The number of nitrogen functional groups attached to an aromatic ring is 1. The highest BCUT2D eigenvalue weighted by atomic mass is 32.2. The third-order valence-electron chi connectivity index (χ3n) is 4.22. The Kier molecular flexibility index (Phi) is 7.50. The second kappa shape index (κ2) is 10.5. The van der Waals surface area contributed by atoms with Gasteiger partial charge in [0.2, 0.25) is 11.1 Å². The number of carbonyl (C=O) groups excluding carboxylic acids is 1. The second-order valence-electron chi connectivity index (χ2n) is 6.70. The lowest BCUT2D eigenvalue weighted by Gasteiger charge is -2.08. The summed E-state index contributed by atoms with van der Waals surface area (Å²) in [5.41, 5.74) is 6.58. The Morgan fingerprint density at radius 1 is 1.23 bits per heavy atom. The number of aromatic nitrogens is 3. The number of hydrogen-bond acceptors (Lipinski definition) is 8. The van der Waals surface area contributed by atoms with Gasteiger partial charge in [0.25, 0.3) is 5.95 Å². The molecule has 31 heavy (non-hydrogen) atoms. The first-order valence-electron chi connectivity index (χ1n) is 9.68. The molecule has 0 fully saturated rings. The molecule has 0 radical (unpaired) electrons. The summed E-state index contributed by atoms with van der Waals surface area (Å²) in [6.07, 6.45) is 1.63. The number of hydrogen-bond donors (Lipinski definition) is 3. The highest BCUT2D eigenvalue weighted by Crippen LogP contribution is 2.19. The number of carbonyl (C=O) groups is 1. The van der Waals surface area contributed by atoms with Crippen LogP contribution in [0.2, 0.25) is 0 Å². The van der Waals surface area contributed by atoms with Crippen LogP contribution in [0.15, 0.2) is 52.7 Å². The van der Waals surface area contributed by atoms with Crippen LogP contribution in [0.5, 0.6) is 5.75 Å². The van der Waals surface area contributed by atoms with Gasteiger partial charge in [0.1, 0.15) is 5.75 Å². The number of nitrogens with two attached hydrogens (primary N) is 1. The van der Waals surface area contributed by atoms with Crippen LogP contribution >= 0.6 is 11.8 Å². The first-order chi connectivity index (χ1) is 15.0. The lowest BCUT2D eigenvalue weighted by atomic mass is 10.1. The van der Waals surface area contributed by atoms with Crippen molar-refractivity contribution in [2.75, 3.05) is 28.9 Å². The van der Waals surface area contributed by atoms with Gasteiger partial charge >= 0.3 is 0 Å². The van der Waals surface area contributed by atoms with Crippen LogP contribution in [-0.2, 0) is 4.79 Å². The summed E-state index contributed by atoms with van der Waals surface area (Å²) in [6, 6.07) is 13.4. The van der Waals surface area contributed by atoms with E-state index in [1.54, 1.807) is 6.21 Å². The zero-order valence-corrected chi connectivity index (χ0v) is 18.4. The van der Waals surface area contributed by atoms with E-state index in [9.17, 15) is 4.79 Å². The third kappa shape index (κ3) is 6.22. The Balaban J connectivity index is 1.51. The van der Waals surface area contributed by atoms with Crippen LogP contribution in [0.3, 0.4) is 0 Å². The van der Waals surface area contributed by atoms with Crippen LogP contribution in [0.1, 0.15) is 23.6 Å². The molecule has 2 aromatic carbocycles. The Morgan fingerprint density at radius 2 is 2.00 bits per heavy atom. The van der Waals surface area contributed by atoms with Gasteiger partial charge in [-0.25, -0.2) is 10.1 Å². The smallest absolute Gasteiger partial charge is 0.264 e. The number of hydrazone groups is 1. The average Bonchev–Trinajstić information content (AvgIpc) is 3.10. The van der Waals surface area contributed by atoms with E-state index < -0.39 is 0 Å². The SMILES string of the molecule is CCOc1ccc(/C=N/Nc2nnc(SCC(=O)Nc3ccc(C)cc3C)n2N)cc1. The van der Waals surface area contributed by atoms with Gasteiger partial charge in [-0.15, -0.1) is 10.2 Å². The van der Waals surface area contributed by atoms with Crippen molar-refractivity contribution < 1.29 is 9.53 Å². The van der Waals surface area contributed by atoms with Crippen molar-refractivity contribution >= 4 is 35.5 Å². The van der Waals surface area contributed by atoms with E-state index in [1.807, 2.05) is 63.2 Å². The molecule has 0 aliphatic rings. The van der Waals surface area contributed by atoms with E-state index in [1.165, 1.54) is 16.4 Å². The number of benzene rings is 2. The number of ether oxygens (including phenoxy) is 1. The molecule has 1 amide bonds. The first-order valence-corrected chi connectivity index (χ1v) is 10.7. The molecule has 3 rings (SSSR count). The number of amides is 1. The van der Waals surface area contributed by atoms with Crippen molar-refractivity contribution in [1.29, 1.82) is 0 Å². The Bertz CT molecular complexity index is 1060. The van der Waals surface area contributed by atoms with Gasteiger partial charge in [0.15, 0.2) is 0 Å². The monoisotopic (exact) mass is 439 g/mol. The predicted molar refractivity (Wildman–Crippen MR) is 124 cm³/mol. The minimum absolute atomic E-state index is 0.150. The maximum Gasteiger partial charge on any atom is 0.264 e. The topological polar surface area (TPSA) is 119 Å². The summed E-state index contributed by atoms with van der Waals surface area (Å²) in [7, 11) is 0. The molecule has 0 spiro atoms. The van der Waals surface area contributed by atoms with Crippen LogP contribution in [0, 0.1) is 13.8 Å². The van der Waals surface area contributed by atoms with Crippen LogP contribution in [-0.4, -0.2) is 39.4 Å². The lowest BCUT2D eigenvalue weighted by molar-refractivity contribution is -0.113. The van der Waals surface area contributed by atoms with Gasteiger partial charge < -0.3 is 15.9 Å². The lowest BCUT2D eigenvalue weighted by Crippen LogP contribution is -2.17. The third-order valence-corrected chi connectivity index (χ3v) is 5.17. The quantitative estimate of drug-likeness (QED) is 0.203. The molecular formula is C21H25N7O2S. The number of nitrogens with zero attached hydrogens (tertiary/aromatic N) is 4. The van der Waals surface area contributed by atoms with Gasteiger partial charge in [0.05, 0.1) is 18.6 Å². The molecule has 0 atom stereocenters. The van der Waals surface area contributed by atoms with Crippen molar-refractivity contribution in [2.45, 2.75) is 25.9 Å². The molecule has 3 aromatic rings. The summed E-state index contributed by atoms with van der Waals surface area (Å²) in [5, 5.41) is 15.4. The van der Waals surface area contributed by atoms with Gasteiger partial charge in [-0.3, -0.25) is 4.79 Å². The van der Waals surface area contributed by atoms with Crippen molar-refractivity contribution in [3.8, 4) is 5.75 Å². The average molecular weight is 440 g/mol. The van der Waals surface area contributed by atoms with Crippen molar-refractivity contribution in [3.63, 3.8) is 0 Å². The van der Waals surface area contributed by atoms with Crippen LogP contribution in [0.25, 0.3) is 0 Å². The van der Waals surface area contributed by atoms with Gasteiger partial charge in [-0.05, 0) is 62.2 Å². The fourth-order valence-corrected chi connectivity index (χ4v) is 3.36. The molecule has 0 unspecified atom stereocenters. The largest absolute Gasteiger partial charge is 0.494 e. The van der Waals surface area contributed by atoms with Gasteiger partial charge in [0, 0.05) is 5.69 Å². The summed E-state index contributed by atoms with van der Waals surface area (Å²) in [5.74, 6) is 7.07. The van der Waals surface area contributed by atoms with Crippen LogP contribution < -0.4 is 21.3 Å². The molecule has 0 bridgehead atoms. The first kappa shape index (κ1) is 22.2. The molecule has 9 nitrogen and oxygen atoms in total. The maximum atomic E-state index is 12.3. The summed E-state index contributed by atoms with van der Waals surface area (Å²) in [6.45, 7) is 6.52. The molecule has 162 valence electrons. The molecule has 1 heterocycles. The highest BCUT2D eigenvalue weighted by Gasteiger charge is 2.12. The van der Waals surface area contributed by atoms with E-state index in [2.05, 4.69) is 26.0 Å². The normalized spacial score (nSPS) is 10.9. The van der Waals surface area contributed by atoms with Crippen LogP contribution in [0.4, 0.5) is 11.6 Å². The second-order valence-corrected chi connectivity index (χ2v) is 7.65. The maximum absolute atomic E-state index is 12.3. The van der Waals surface area contributed by atoms with E-state index in [0.717, 1.165) is 28.1 Å². The minimum atomic E-state index is -0.150. The van der Waals surface area contributed by atoms with Gasteiger partial charge in [-0.2, -0.15) is 5.10 Å².